The molecule has 31 heavy (non-hydrogen) atoms. The zero-order valence-electron chi connectivity index (χ0n) is 18.1. The van der Waals surface area contributed by atoms with Gasteiger partial charge in [-0.15, -0.1) is 0 Å². The van der Waals surface area contributed by atoms with E-state index in [0.717, 1.165) is 43.9 Å². The molecule has 1 N–H and O–H groups in total. The van der Waals surface area contributed by atoms with Crippen molar-refractivity contribution >= 4 is 17.6 Å². The molecule has 1 fully saturated rings. The van der Waals surface area contributed by atoms with E-state index in [4.69, 9.17) is 9.84 Å². The van der Waals surface area contributed by atoms with Gasteiger partial charge in [0.2, 0.25) is 5.91 Å². The average molecular weight is 424 g/mol. The van der Waals surface area contributed by atoms with Gasteiger partial charge in [0, 0.05) is 56.1 Å². The molecule has 2 aliphatic heterocycles. The number of benzene rings is 2. The van der Waals surface area contributed by atoms with E-state index in [1.807, 2.05) is 11.0 Å². The standard InChI is InChI=1S/C24H29N3O4/c1-25-11-13-26(14-12-25)21-7-8-22(31-2)19-9-10-27(16-20(19)21)23(28)15-17-3-5-18(6-4-17)24(29)30/h3-8H,9-16H2,1-2H3,(H,29,30). The molecule has 7 nitrogen and oxygen atoms in total. The van der Waals surface area contributed by atoms with E-state index < -0.39 is 5.97 Å². The average Bonchev–Trinajstić information content (AvgIpc) is 2.79. The van der Waals surface area contributed by atoms with E-state index in [1.54, 1.807) is 31.4 Å². The van der Waals surface area contributed by atoms with Crippen LogP contribution in [0.5, 0.6) is 5.75 Å². The van der Waals surface area contributed by atoms with Crippen molar-refractivity contribution in [3.63, 3.8) is 0 Å². The van der Waals surface area contributed by atoms with Gasteiger partial charge in [-0.1, -0.05) is 12.1 Å². The summed E-state index contributed by atoms with van der Waals surface area (Å²) in [6.45, 7) is 5.21. The van der Waals surface area contributed by atoms with Crippen LogP contribution in [0.15, 0.2) is 36.4 Å². The van der Waals surface area contributed by atoms with Gasteiger partial charge in [0.25, 0.3) is 0 Å². The van der Waals surface area contributed by atoms with E-state index in [1.165, 1.54) is 16.8 Å². The first-order chi connectivity index (χ1) is 15.0. The molecule has 2 aromatic rings. The van der Waals surface area contributed by atoms with Gasteiger partial charge in [0.15, 0.2) is 0 Å². The van der Waals surface area contributed by atoms with Gasteiger partial charge in [0.1, 0.15) is 5.75 Å². The predicted molar refractivity (Wildman–Crippen MR) is 119 cm³/mol. The number of methoxy groups -OCH3 is 1. The maximum absolute atomic E-state index is 13.0. The van der Waals surface area contributed by atoms with Crippen LogP contribution in [0, 0.1) is 0 Å². The molecule has 2 aromatic carbocycles. The maximum atomic E-state index is 13.0. The van der Waals surface area contributed by atoms with Crippen LogP contribution in [0.25, 0.3) is 0 Å². The van der Waals surface area contributed by atoms with Crippen LogP contribution in [-0.4, -0.2) is 73.7 Å². The zero-order chi connectivity index (χ0) is 22.0. The summed E-state index contributed by atoms with van der Waals surface area (Å²) in [4.78, 5) is 30.7. The molecule has 2 heterocycles. The van der Waals surface area contributed by atoms with Crippen molar-refractivity contribution in [2.75, 3.05) is 51.8 Å². The smallest absolute Gasteiger partial charge is 0.335 e. The van der Waals surface area contributed by atoms with Crippen LogP contribution >= 0.6 is 0 Å². The van der Waals surface area contributed by atoms with Gasteiger partial charge in [0.05, 0.1) is 19.1 Å². The number of carboxylic acids is 1. The topological polar surface area (TPSA) is 73.3 Å². The monoisotopic (exact) mass is 423 g/mol. The second-order valence-electron chi connectivity index (χ2n) is 8.28. The van der Waals surface area contributed by atoms with E-state index in [-0.39, 0.29) is 17.9 Å². The molecular weight excluding hydrogens is 394 g/mol. The Kier molecular flexibility index (Phi) is 6.13. The molecule has 4 rings (SSSR count). The molecule has 164 valence electrons. The number of anilines is 1. The lowest BCUT2D eigenvalue weighted by atomic mass is 9.95. The number of carbonyl (C=O) groups excluding carboxylic acids is 1. The number of hydrogen-bond donors (Lipinski definition) is 1. The summed E-state index contributed by atoms with van der Waals surface area (Å²) in [5, 5.41) is 9.05. The molecule has 2 aliphatic rings. The zero-order valence-corrected chi connectivity index (χ0v) is 18.1. The molecular formula is C24H29N3O4. The highest BCUT2D eigenvalue weighted by atomic mass is 16.5. The Balaban J connectivity index is 1.53. The van der Waals surface area contributed by atoms with Crippen molar-refractivity contribution in [1.29, 1.82) is 0 Å². The normalized spacial score (nSPS) is 16.7. The van der Waals surface area contributed by atoms with Gasteiger partial charge < -0.3 is 24.5 Å². The van der Waals surface area contributed by atoms with Crippen LogP contribution in [0.1, 0.15) is 27.0 Å². The third-order valence-corrected chi connectivity index (χ3v) is 6.32. The Bertz CT molecular complexity index is 966. The summed E-state index contributed by atoms with van der Waals surface area (Å²) >= 11 is 0. The number of fused-ring (bicyclic) bond motifs is 1. The highest BCUT2D eigenvalue weighted by molar-refractivity contribution is 5.88. The molecule has 0 aliphatic carbocycles. The number of piperazine rings is 1. The van der Waals surface area contributed by atoms with Gasteiger partial charge in [-0.05, 0) is 43.3 Å². The number of ether oxygens (including phenoxy) is 1. The number of rotatable bonds is 5. The minimum absolute atomic E-state index is 0.0564. The van der Waals surface area contributed by atoms with Crippen LogP contribution in [-0.2, 0) is 24.2 Å². The number of likely N-dealkylation sites (N-methyl/N-ethyl adjacent to an activating group) is 1. The summed E-state index contributed by atoms with van der Waals surface area (Å²) in [5.74, 6) is -0.0130. The molecule has 0 spiro atoms. The quantitative estimate of drug-likeness (QED) is 0.796. The summed E-state index contributed by atoms with van der Waals surface area (Å²) < 4.78 is 5.62. The van der Waals surface area contributed by atoms with Crippen LogP contribution in [0.2, 0.25) is 0 Å². The Morgan fingerprint density at radius 1 is 0.968 bits per heavy atom. The van der Waals surface area contributed by atoms with Crippen LogP contribution in [0.3, 0.4) is 0 Å². The van der Waals surface area contributed by atoms with E-state index in [9.17, 15) is 9.59 Å². The highest BCUT2D eigenvalue weighted by Crippen LogP contribution is 2.36. The molecule has 0 unspecified atom stereocenters. The summed E-state index contributed by atoms with van der Waals surface area (Å²) in [6, 6.07) is 10.7. The Labute approximate surface area is 182 Å². The van der Waals surface area contributed by atoms with Crippen molar-refractivity contribution in [2.45, 2.75) is 19.4 Å². The molecule has 7 heteroatoms. The largest absolute Gasteiger partial charge is 0.496 e. The molecule has 1 saturated heterocycles. The number of nitrogens with zero attached hydrogens (tertiary/aromatic N) is 3. The fraction of sp³-hybridized carbons (Fsp3) is 0.417. The fourth-order valence-electron chi connectivity index (χ4n) is 4.43. The Morgan fingerprint density at radius 2 is 1.68 bits per heavy atom. The first kappa shape index (κ1) is 21.2. The molecule has 0 bridgehead atoms. The minimum atomic E-state index is -0.962. The highest BCUT2D eigenvalue weighted by Gasteiger charge is 2.28. The van der Waals surface area contributed by atoms with E-state index in [2.05, 4.69) is 22.9 Å². The lowest BCUT2D eigenvalue weighted by molar-refractivity contribution is -0.131. The van der Waals surface area contributed by atoms with E-state index >= 15 is 0 Å². The van der Waals surface area contributed by atoms with Gasteiger partial charge >= 0.3 is 5.97 Å². The number of amides is 1. The van der Waals surface area contributed by atoms with Crippen LogP contribution in [0.4, 0.5) is 5.69 Å². The maximum Gasteiger partial charge on any atom is 0.335 e. The molecule has 0 aromatic heterocycles. The van der Waals surface area contributed by atoms with Gasteiger partial charge in [-0.3, -0.25) is 4.79 Å². The van der Waals surface area contributed by atoms with Crippen molar-refractivity contribution in [2.24, 2.45) is 0 Å². The number of aromatic carboxylic acids is 1. The molecule has 0 saturated carbocycles. The fourth-order valence-corrected chi connectivity index (χ4v) is 4.43. The van der Waals surface area contributed by atoms with Crippen LogP contribution < -0.4 is 9.64 Å². The second-order valence-corrected chi connectivity index (χ2v) is 8.28. The number of carboxylic acid groups (broad SMARTS) is 1. The summed E-state index contributed by atoms with van der Waals surface area (Å²) in [6.07, 6.45) is 1.03. The summed E-state index contributed by atoms with van der Waals surface area (Å²) in [5.41, 5.74) is 4.64. The number of carbonyl (C=O) groups is 2. The molecule has 0 radical (unpaired) electrons. The third-order valence-electron chi connectivity index (χ3n) is 6.32. The third kappa shape index (κ3) is 4.51. The Hall–Kier alpha value is -3.06. The van der Waals surface area contributed by atoms with Crippen molar-refractivity contribution in [3.05, 3.63) is 58.7 Å². The van der Waals surface area contributed by atoms with Crippen molar-refractivity contribution in [3.8, 4) is 5.75 Å². The lowest BCUT2D eigenvalue weighted by Gasteiger charge is -2.38. The van der Waals surface area contributed by atoms with Gasteiger partial charge in [-0.2, -0.15) is 0 Å². The van der Waals surface area contributed by atoms with E-state index in [0.29, 0.717) is 13.1 Å². The SMILES string of the molecule is COc1ccc(N2CCN(C)CC2)c2c1CCN(C(=O)Cc1ccc(C(=O)O)cc1)C2. The minimum Gasteiger partial charge on any atom is -0.496 e. The van der Waals surface area contributed by atoms with Gasteiger partial charge in [-0.25, -0.2) is 4.79 Å². The lowest BCUT2D eigenvalue weighted by Crippen LogP contribution is -2.45. The molecule has 1 amide bonds. The summed E-state index contributed by atoms with van der Waals surface area (Å²) in [7, 11) is 3.84. The second kappa shape index (κ2) is 8.98. The first-order valence-electron chi connectivity index (χ1n) is 10.7. The van der Waals surface area contributed by atoms with Crippen molar-refractivity contribution < 1.29 is 19.4 Å². The molecule has 0 atom stereocenters. The first-order valence-corrected chi connectivity index (χ1v) is 10.7. The van der Waals surface area contributed by atoms with Crippen molar-refractivity contribution in [1.82, 2.24) is 9.80 Å². The Morgan fingerprint density at radius 3 is 2.32 bits per heavy atom. The number of hydrogen-bond acceptors (Lipinski definition) is 5. The predicted octanol–water partition coefficient (Wildman–Crippen LogP) is 2.27.